The second-order valence-corrected chi connectivity index (χ2v) is 7.25. The second-order valence-electron chi connectivity index (χ2n) is 6.16. The molecule has 3 rings (SSSR count). The molecule has 0 bridgehead atoms. The predicted molar refractivity (Wildman–Crippen MR) is 105 cm³/mol. The van der Waals surface area contributed by atoms with Crippen LogP contribution in [0.4, 0.5) is 0 Å². The summed E-state index contributed by atoms with van der Waals surface area (Å²) >= 11 is 1.39. The number of aromatic nitrogens is 2. The number of nitrogens with zero attached hydrogens (tertiary/aromatic N) is 2. The fraction of sp³-hybridized carbons (Fsp3) is 0.350. The monoisotopic (exact) mass is 386 g/mol. The molecule has 0 aliphatic carbocycles. The van der Waals surface area contributed by atoms with E-state index in [1.54, 1.807) is 17.5 Å². The maximum absolute atomic E-state index is 11.8. The van der Waals surface area contributed by atoms with Crippen LogP contribution >= 0.6 is 11.3 Å². The molecule has 6 nitrogen and oxygen atoms in total. The van der Waals surface area contributed by atoms with Crippen molar-refractivity contribution in [3.8, 4) is 17.0 Å². The zero-order valence-corrected chi connectivity index (χ0v) is 16.7. The van der Waals surface area contributed by atoms with Gasteiger partial charge < -0.3 is 9.47 Å². The predicted octanol–water partition coefficient (Wildman–Crippen LogP) is 4.00. The van der Waals surface area contributed by atoms with Crippen molar-refractivity contribution in [2.75, 3.05) is 13.2 Å². The Bertz CT molecular complexity index is 1000. The molecule has 0 aliphatic rings. The van der Waals surface area contributed by atoms with E-state index >= 15 is 0 Å². The lowest BCUT2D eigenvalue weighted by molar-refractivity contribution is -0.142. The molecule has 0 spiro atoms. The number of aryl methyl sites for hydroxylation is 2. The van der Waals surface area contributed by atoms with E-state index in [0.29, 0.717) is 29.6 Å². The van der Waals surface area contributed by atoms with Crippen LogP contribution in [0.5, 0.6) is 5.75 Å². The van der Waals surface area contributed by atoms with Crippen LogP contribution in [0.15, 0.2) is 18.3 Å². The van der Waals surface area contributed by atoms with E-state index in [4.69, 9.17) is 9.47 Å². The molecular formula is C20H22N2O4S. The SMILES string of the molecule is CCOC(=O)Cc1cn2c(C=O)c(-c3cc(C)c(OCC)cc3C)nc2s1. The number of carbonyl (C=O) groups excluding carboxylic acids is 2. The highest BCUT2D eigenvalue weighted by Gasteiger charge is 2.19. The van der Waals surface area contributed by atoms with Crippen molar-refractivity contribution in [1.29, 1.82) is 0 Å². The number of hydrogen-bond donors (Lipinski definition) is 0. The van der Waals surface area contributed by atoms with Crippen LogP contribution in [0, 0.1) is 13.8 Å². The summed E-state index contributed by atoms with van der Waals surface area (Å²) in [6.07, 6.45) is 2.77. The lowest BCUT2D eigenvalue weighted by Gasteiger charge is -2.11. The van der Waals surface area contributed by atoms with E-state index in [1.165, 1.54) is 11.3 Å². The number of thiazole rings is 1. The van der Waals surface area contributed by atoms with Gasteiger partial charge >= 0.3 is 5.97 Å². The minimum Gasteiger partial charge on any atom is -0.494 e. The quantitative estimate of drug-likeness (QED) is 0.453. The average molecular weight is 386 g/mol. The van der Waals surface area contributed by atoms with Gasteiger partial charge in [0.2, 0.25) is 0 Å². The van der Waals surface area contributed by atoms with E-state index in [1.807, 2.05) is 32.9 Å². The zero-order valence-electron chi connectivity index (χ0n) is 15.9. The molecule has 27 heavy (non-hydrogen) atoms. The summed E-state index contributed by atoms with van der Waals surface area (Å²) in [4.78, 5) is 29.6. The summed E-state index contributed by atoms with van der Waals surface area (Å²) < 4.78 is 12.4. The van der Waals surface area contributed by atoms with Crippen molar-refractivity contribution >= 4 is 28.6 Å². The van der Waals surface area contributed by atoms with Gasteiger partial charge in [0.05, 0.1) is 19.6 Å². The van der Waals surface area contributed by atoms with Crippen molar-refractivity contribution < 1.29 is 19.1 Å². The van der Waals surface area contributed by atoms with Crippen molar-refractivity contribution in [3.63, 3.8) is 0 Å². The van der Waals surface area contributed by atoms with E-state index in [9.17, 15) is 9.59 Å². The molecule has 0 N–H and O–H groups in total. The number of hydrogen-bond acceptors (Lipinski definition) is 6. The Morgan fingerprint density at radius 1 is 1.22 bits per heavy atom. The smallest absolute Gasteiger partial charge is 0.311 e. The Hall–Kier alpha value is -2.67. The number of carbonyl (C=O) groups is 2. The van der Waals surface area contributed by atoms with Crippen LogP contribution in [-0.2, 0) is 16.0 Å². The van der Waals surface area contributed by atoms with Gasteiger partial charge in [0.25, 0.3) is 0 Å². The Balaban J connectivity index is 2.03. The van der Waals surface area contributed by atoms with E-state index in [2.05, 4.69) is 4.98 Å². The Morgan fingerprint density at radius 2 is 2.00 bits per heavy atom. The third-order valence-electron chi connectivity index (χ3n) is 4.22. The molecule has 0 amide bonds. The first kappa shape index (κ1) is 19.1. The summed E-state index contributed by atoms with van der Waals surface area (Å²) in [5.41, 5.74) is 4.00. The zero-order chi connectivity index (χ0) is 19.6. The van der Waals surface area contributed by atoms with Gasteiger partial charge in [-0.15, -0.1) is 11.3 Å². The molecule has 0 aliphatic heterocycles. The van der Waals surface area contributed by atoms with Gasteiger partial charge in [0.1, 0.15) is 17.1 Å². The number of aldehydes is 1. The second kappa shape index (κ2) is 7.92. The summed E-state index contributed by atoms with van der Waals surface area (Å²) in [5, 5.41) is 0. The summed E-state index contributed by atoms with van der Waals surface area (Å²) in [7, 11) is 0. The molecular weight excluding hydrogens is 364 g/mol. The van der Waals surface area contributed by atoms with Crippen molar-refractivity contribution in [3.05, 3.63) is 40.0 Å². The van der Waals surface area contributed by atoms with E-state index in [-0.39, 0.29) is 12.4 Å². The Labute approximate surface area is 161 Å². The van der Waals surface area contributed by atoms with Gasteiger partial charge in [-0.2, -0.15) is 0 Å². The van der Waals surface area contributed by atoms with Crippen LogP contribution in [0.1, 0.15) is 40.3 Å². The number of ether oxygens (including phenoxy) is 2. The number of esters is 1. The normalized spacial score (nSPS) is 11.0. The molecule has 0 fully saturated rings. The molecule has 2 heterocycles. The van der Waals surface area contributed by atoms with Crippen LogP contribution in [0.3, 0.4) is 0 Å². The first-order chi connectivity index (χ1) is 13.0. The van der Waals surface area contributed by atoms with Crippen LogP contribution in [0.2, 0.25) is 0 Å². The van der Waals surface area contributed by atoms with Crippen molar-refractivity contribution in [2.24, 2.45) is 0 Å². The minimum atomic E-state index is -0.284. The molecule has 0 saturated carbocycles. The number of imidazole rings is 1. The summed E-state index contributed by atoms with van der Waals surface area (Å²) in [6.45, 7) is 8.63. The highest BCUT2D eigenvalue weighted by atomic mass is 32.1. The number of rotatable bonds is 7. The van der Waals surface area contributed by atoms with Gasteiger partial charge in [-0.25, -0.2) is 4.98 Å². The maximum atomic E-state index is 11.8. The summed E-state index contributed by atoms with van der Waals surface area (Å²) in [5.74, 6) is 0.553. The van der Waals surface area contributed by atoms with E-state index in [0.717, 1.165) is 33.6 Å². The standard InChI is InChI=1S/C20H22N2O4S/c1-5-25-17-8-12(3)15(7-13(17)4)19-16(11-23)22-10-14(27-20(22)21-19)9-18(24)26-6-2/h7-8,10-11H,5-6,9H2,1-4H3. The van der Waals surface area contributed by atoms with Crippen molar-refractivity contribution in [1.82, 2.24) is 9.38 Å². The van der Waals surface area contributed by atoms with Gasteiger partial charge in [0.15, 0.2) is 11.2 Å². The topological polar surface area (TPSA) is 69.9 Å². The number of fused-ring (bicyclic) bond motifs is 1. The van der Waals surface area contributed by atoms with Gasteiger partial charge in [0, 0.05) is 16.6 Å². The fourth-order valence-corrected chi connectivity index (χ4v) is 3.98. The van der Waals surface area contributed by atoms with Crippen LogP contribution in [0.25, 0.3) is 16.2 Å². The van der Waals surface area contributed by atoms with Gasteiger partial charge in [-0.05, 0) is 51.0 Å². The fourth-order valence-electron chi connectivity index (χ4n) is 3.01. The third kappa shape index (κ3) is 3.73. The highest BCUT2D eigenvalue weighted by molar-refractivity contribution is 7.17. The Kier molecular flexibility index (Phi) is 5.60. The molecule has 0 radical (unpaired) electrons. The maximum Gasteiger partial charge on any atom is 0.311 e. The lowest BCUT2D eigenvalue weighted by Crippen LogP contribution is -2.06. The Morgan fingerprint density at radius 3 is 2.67 bits per heavy atom. The lowest BCUT2D eigenvalue weighted by atomic mass is 10.0. The molecule has 142 valence electrons. The average Bonchev–Trinajstić information content (AvgIpc) is 3.14. The first-order valence-electron chi connectivity index (χ1n) is 8.84. The molecule has 0 saturated heterocycles. The third-order valence-corrected chi connectivity index (χ3v) is 5.21. The van der Waals surface area contributed by atoms with Gasteiger partial charge in [-0.1, -0.05) is 0 Å². The molecule has 0 unspecified atom stereocenters. The minimum absolute atomic E-state index is 0.177. The molecule has 2 aromatic heterocycles. The van der Waals surface area contributed by atoms with E-state index < -0.39 is 0 Å². The summed E-state index contributed by atoms with van der Waals surface area (Å²) in [6, 6.07) is 3.97. The molecule has 7 heteroatoms. The molecule has 1 aromatic carbocycles. The highest BCUT2D eigenvalue weighted by Crippen LogP contribution is 2.33. The van der Waals surface area contributed by atoms with Gasteiger partial charge in [-0.3, -0.25) is 14.0 Å². The number of benzene rings is 1. The van der Waals surface area contributed by atoms with Crippen LogP contribution in [-0.4, -0.2) is 34.9 Å². The van der Waals surface area contributed by atoms with Crippen LogP contribution < -0.4 is 4.74 Å². The first-order valence-corrected chi connectivity index (χ1v) is 9.66. The molecule has 0 atom stereocenters. The van der Waals surface area contributed by atoms with Crippen molar-refractivity contribution in [2.45, 2.75) is 34.1 Å². The molecule has 3 aromatic rings. The largest absolute Gasteiger partial charge is 0.494 e.